The van der Waals surface area contributed by atoms with Crippen molar-refractivity contribution < 1.29 is 9.59 Å². The first-order valence-corrected chi connectivity index (χ1v) is 15.1. The molecular weight excluding hydrogens is 568 g/mol. The van der Waals surface area contributed by atoms with Crippen LogP contribution in [0.1, 0.15) is 49.7 Å². The Balaban J connectivity index is 0.000000208. The largest absolute Gasteiger partial charge is 0.370 e. The maximum Gasteiger partial charge on any atom is 0.223 e. The van der Waals surface area contributed by atoms with Crippen LogP contribution in [0.5, 0.6) is 0 Å². The number of nitrogens with zero attached hydrogens (tertiary/aromatic N) is 6. The van der Waals surface area contributed by atoms with Crippen LogP contribution in [0.2, 0.25) is 5.15 Å². The van der Waals surface area contributed by atoms with Crippen molar-refractivity contribution in [2.45, 2.75) is 52.4 Å². The summed E-state index contributed by atoms with van der Waals surface area (Å²) < 4.78 is 0. The van der Waals surface area contributed by atoms with E-state index in [9.17, 15) is 9.59 Å². The van der Waals surface area contributed by atoms with E-state index in [2.05, 4.69) is 62.6 Å². The summed E-state index contributed by atoms with van der Waals surface area (Å²) >= 11 is 5.76. The fourth-order valence-corrected chi connectivity index (χ4v) is 5.28. The van der Waals surface area contributed by atoms with E-state index in [-0.39, 0.29) is 23.7 Å². The van der Waals surface area contributed by atoms with Gasteiger partial charge in [0.05, 0.1) is 5.69 Å². The lowest BCUT2D eigenvalue weighted by Crippen LogP contribution is -2.27. The molecule has 4 heterocycles. The first-order valence-electron chi connectivity index (χ1n) is 14.7. The number of likely N-dealkylation sites (tertiary alicyclic amines) is 2. The van der Waals surface area contributed by atoms with Gasteiger partial charge in [0.2, 0.25) is 23.7 Å². The number of nitrogens with one attached hydrogen (secondary N) is 2. The van der Waals surface area contributed by atoms with Crippen molar-refractivity contribution in [2.24, 2.45) is 0 Å². The molecule has 0 aliphatic carbocycles. The highest BCUT2D eigenvalue weighted by Crippen LogP contribution is 2.25. The number of nitrogen functional groups attached to an aromatic ring is 2. The molecule has 43 heavy (non-hydrogen) atoms. The molecule has 0 spiro atoms. The average Bonchev–Trinajstić information content (AvgIpc) is 3.57. The second-order valence-corrected chi connectivity index (χ2v) is 11.2. The first kappa shape index (κ1) is 31.7. The monoisotopic (exact) mass is 608 g/mol. The molecule has 2 fully saturated rings. The molecule has 2 saturated heterocycles. The van der Waals surface area contributed by atoms with E-state index >= 15 is 0 Å². The quantitative estimate of drug-likeness (QED) is 0.185. The number of carbonyl (C=O) groups is 2. The molecule has 12 nitrogen and oxygen atoms in total. The van der Waals surface area contributed by atoms with Crippen LogP contribution >= 0.6 is 11.6 Å². The van der Waals surface area contributed by atoms with Gasteiger partial charge < -0.3 is 31.9 Å². The van der Waals surface area contributed by atoms with Crippen LogP contribution in [-0.4, -0.2) is 80.8 Å². The molecule has 230 valence electrons. The number of carbonyl (C=O) groups excluding carboxylic acids is 2. The number of aryl methyl sites for hydroxylation is 2. The van der Waals surface area contributed by atoms with Gasteiger partial charge in [-0.05, 0) is 51.2 Å². The molecule has 1 aromatic carbocycles. The maximum absolute atomic E-state index is 11.6. The number of benzene rings is 1. The molecule has 6 N–H and O–H groups in total. The van der Waals surface area contributed by atoms with Crippen molar-refractivity contribution in [2.75, 3.05) is 61.4 Å². The number of amides is 2. The number of halogens is 1. The second kappa shape index (κ2) is 15.3. The SMILES string of the molecule is Cc1ccc(C)c(-c2cc(NCCCN3CCCC3=O)nc(N)n2)c1.Nc1nc(Cl)cc(NCCCN2CCCC2=O)n1. The molecule has 2 aliphatic rings. The average molecular weight is 609 g/mol. The van der Waals surface area contributed by atoms with Gasteiger partial charge in [0, 0.05) is 69.8 Å². The van der Waals surface area contributed by atoms with E-state index in [1.54, 1.807) is 6.07 Å². The van der Waals surface area contributed by atoms with Crippen LogP contribution in [0.25, 0.3) is 11.3 Å². The summed E-state index contributed by atoms with van der Waals surface area (Å²) in [4.78, 5) is 43.2. The van der Waals surface area contributed by atoms with Crippen molar-refractivity contribution in [1.82, 2.24) is 29.7 Å². The van der Waals surface area contributed by atoms with Gasteiger partial charge in [-0.3, -0.25) is 9.59 Å². The van der Waals surface area contributed by atoms with Crippen LogP contribution in [0.4, 0.5) is 23.5 Å². The standard InChI is InChI=1S/C19H25N5O.C11H16ClN5O/c1-13-6-7-14(2)15(11-13)16-12-17(23-19(20)22-16)21-8-4-10-24-9-3-5-18(24)25;12-8-7-9(16-11(13)15-8)14-4-2-6-17-5-1-3-10(17)18/h6-7,11-12H,3-5,8-10H2,1-2H3,(H3,20,21,22,23);7H,1-6H2,(H3,13,14,15,16). The lowest BCUT2D eigenvalue weighted by Gasteiger charge is -2.15. The number of rotatable bonds is 11. The Morgan fingerprint density at radius 2 is 1.35 bits per heavy atom. The van der Waals surface area contributed by atoms with Crippen LogP contribution in [0, 0.1) is 13.8 Å². The summed E-state index contributed by atoms with van der Waals surface area (Å²) in [6.45, 7) is 8.92. The Bertz CT molecular complexity index is 1400. The lowest BCUT2D eigenvalue weighted by atomic mass is 10.0. The molecule has 2 aromatic heterocycles. The summed E-state index contributed by atoms with van der Waals surface area (Å²) in [7, 11) is 0. The third kappa shape index (κ3) is 9.67. The van der Waals surface area contributed by atoms with E-state index < -0.39 is 0 Å². The Kier molecular flexibility index (Phi) is 11.3. The van der Waals surface area contributed by atoms with Crippen LogP contribution in [0.15, 0.2) is 30.3 Å². The summed E-state index contributed by atoms with van der Waals surface area (Å²) in [6, 6.07) is 9.84. The minimum Gasteiger partial charge on any atom is -0.370 e. The topological polar surface area (TPSA) is 168 Å². The maximum atomic E-state index is 11.6. The van der Waals surface area contributed by atoms with Gasteiger partial charge in [-0.1, -0.05) is 29.3 Å². The first-order chi connectivity index (χ1) is 20.7. The molecule has 5 rings (SSSR count). The summed E-state index contributed by atoms with van der Waals surface area (Å²) in [5.41, 5.74) is 15.6. The molecule has 2 amide bonds. The number of nitrogens with two attached hydrogens (primary N) is 2. The summed E-state index contributed by atoms with van der Waals surface area (Å²) in [5, 5.41) is 6.73. The molecule has 0 radical (unpaired) electrons. The Labute approximate surface area is 257 Å². The van der Waals surface area contributed by atoms with Gasteiger partial charge in [0.1, 0.15) is 16.8 Å². The van der Waals surface area contributed by atoms with E-state index in [0.717, 1.165) is 87.6 Å². The molecule has 0 unspecified atom stereocenters. The number of hydrogen-bond acceptors (Lipinski definition) is 10. The smallest absolute Gasteiger partial charge is 0.223 e. The van der Waals surface area contributed by atoms with Gasteiger partial charge in [-0.15, -0.1) is 0 Å². The Hall–Kier alpha value is -4.19. The van der Waals surface area contributed by atoms with Gasteiger partial charge in [0.25, 0.3) is 0 Å². The third-order valence-electron chi connectivity index (χ3n) is 7.29. The van der Waals surface area contributed by atoms with Gasteiger partial charge in [-0.25, -0.2) is 9.97 Å². The van der Waals surface area contributed by atoms with Crippen LogP contribution in [-0.2, 0) is 9.59 Å². The van der Waals surface area contributed by atoms with Gasteiger partial charge >= 0.3 is 0 Å². The minimum absolute atomic E-state index is 0.153. The minimum atomic E-state index is 0.153. The third-order valence-corrected chi connectivity index (χ3v) is 7.48. The molecule has 13 heteroatoms. The number of hydrogen-bond donors (Lipinski definition) is 4. The highest BCUT2D eigenvalue weighted by Gasteiger charge is 2.20. The van der Waals surface area contributed by atoms with Crippen molar-refractivity contribution >= 4 is 46.9 Å². The normalized spacial score (nSPS) is 14.6. The summed E-state index contributed by atoms with van der Waals surface area (Å²) in [6.07, 6.45) is 5.08. The zero-order valence-corrected chi connectivity index (χ0v) is 25.7. The van der Waals surface area contributed by atoms with Crippen molar-refractivity contribution in [3.8, 4) is 11.3 Å². The molecule has 0 bridgehead atoms. The van der Waals surface area contributed by atoms with Crippen molar-refractivity contribution in [1.29, 1.82) is 0 Å². The molecular formula is C30H41ClN10O2. The zero-order chi connectivity index (χ0) is 30.8. The fourth-order valence-electron chi connectivity index (χ4n) is 5.09. The van der Waals surface area contributed by atoms with Crippen LogP contribution < -0.4 is 22.1 Å². The zero-order valence-electron chi connectivity index (χ0n) is 24.9. The van der Waals surface area contributed by atoms with Crippen molar-refractivity contribution in [3.05, 3.63) is 46.6 Å². The highest BCUT2D eigenvalue weighted by atomic mass is 35.5. The molecule has 0 atom stereocenters. The van der Waals surface area contributed by atoms with Gasteiger partial charge in [-0.2, -0.15) is 9.97 Å². The van der Waals surface area contributed by atoms with E-state index in [4.69, 9.17) is 23.1 Å². The lowest BCUT2D eigenvalue weighted by molar-refractivity contribution is -0.128. The predicted molar refractivity (Wildman–Crippen MR) is 171 cm³/mol. The molecule has 2 aliphatic heterocycles. The summed E-state index contributed by atoms with van der Waals surface area (Å²) in [5.74, 6) is 2.26. The number of anilines is 4. The van der Waals surface area contributed by atoms with E-state index in [1.165, 1.54) is 5.56 Å². The van der Waals surface area contributed by atoms with Gasteiger partial charge in [0.15, 0.2) is 0 Å². The van der Waals surface area contributed by atoms with E-state index in [1.807, 2.05) is 15.9 Å². The predicted octanol–water partition coefficient (Wildman–Crippen LogP) is 3.90. The molecule has 3 aromatic rings. The number of aromatic nitrogens is 4. The Morgan fingerprint density at radius 3 is 1.88 bits per heavy atom. The second-order valence-electron chi connectivity index (χ2n) is 10.8. The van der Waals surface area contributed by atoms with Crippen molar-refractivity contribution in [3.63, 3.8) is 0 Å². The highest BCUT2D eigenvalue weighted by molar-refractivity contribution is 6.29. The van der Waals surface area contributed by atoms with E-state index in [0.29, 0.717) is 23.8 Å². The fraction of sp³-hybridized carbons (Fsp3) is 0.467. The molecule has 0 saturated carbocycles. The van der Waals surface area contributed by atoms with Crippen LogP contribution in [0.3, 0.4) is 0 Å². The Morgan fingerprint density at radius 1 is 0.791 bits per heavy atom.